The summed E-state index contributed by atoms with van der Waals surface area (Å²) in [5.74, 6) is -1.81. The van der Waals surface area contributed by atoms with E-state index in [1.807, 2.05) is 0 Å². The fraction of sp³-hybridized carbons (Fsp3) is 0.941. The average Bonchev–Trinajstić information content (AvgIpc) is 3.39. The summed E-state index contributed by atoms with van der Waals surface area (Å²) in [6.45, 7) is 8.99. The topological polar surface area (TPSA) is 133 Å². The molecule has 0 saturated carbocycles. The first-order chi connectivity index (χ1) is 37.2. The maximum Gasteiger partial charge on any atom is 2.00 e. The summed E-state index contributed by atoms with van der Waals surface area (Å²) in [4.78, 5) is 45.7. The second kappa shape index (κ2) is 69.4. The Morgan fingerprint density at radius 2 is 0.403 bits per heavy atom. The minimum Gasteiger partial charge on any atom is -0.550 e. The van der Waals surface area contributed by atoms with Crippen LogP contribution in [0, 0.1) is 0 Å². The molecule has 0 aromatic carbocycles. The van der Waals surface area contributed by atoms with Gasteiger partial charge in [0.2, 0.25) is 0 Å². The number of hydrogen-bond donors (Lipinski definition) is 0. The molecule has 0 aliphatic rings. The molecule has 0 fully saturated rings. The van der Waals surface area contributed by atoms with Crippen LogP contribution < -0.4 is 10.2 Å². The predicted octanol–water partition coefficient (Wildman–Crippen LogP) is 19.6. The van der Waals surface area contributed by atoms with Crippen LogP contribution in [0.1, 0.15) is 400 Å². The van der Waals surface area contributed by atoms with E-state index in [0.29, 0.717) is 12.8 Å². The van der Waals surface area contributed by atoms with Crippen molar-refractivity contribution in [2.24, 2.45) is 0 Å². The minimum absolute atomic E-state index is 0. The van der Waals surface area contributed by atoms with E-state index in [0.717, 1.165) is 116 Å². The quantitative estimate of drug-likeness (QED) is 0.0334. The van der Waals surface area contributed by atoms with E-state index >= 15 is 0 Å². The molecule has 0 amide bonds. The standard InChI is InChI=1S/2C34H66O4.Ca/c2*1-3-5-7-8-9-10-11-12-13-17-20-23-27-31-34(37)38-32(28-24-6-4-2)29-25-21-18-15-14-16-19-22-26-30-33(35)36;/h2*32H,3-31H2,1-2H3,(H,35,36);/q;;+2/p-2. The molecule has 0 aliphatic carbocycles. The van der Waals surface area contributed by atoms with Crippen molar-refractivity contribution in [1.29, 1.82) is 0 Å². The second-order valence-electron chi connectivity index (χ2n) is 23.4. The van der Waals surface area contributed by atoms with E-state index in [1.54, 1.807) is 0 Å². The van der Waals surface area contributed by atoms with Crippen LogP contribution in [-0.4, -0.2) is 73.8 Å². The predicted molar refractivity (Wildman–Crippen MR) is 326 cm³/mol. The number of unbranched alkanes of at least 4 members (excludes halogenated alkanes) is 44. The normalized spacial score (nSPS) is 11.9. The van der Waals surface area contributed by atoms with Gasteiger partial charge in [0.15, 0.2) is 0 Å². The van der Waals surface area contributed by atoms with Gasteiger partial charge in [-0.1, -0.05) is 297 Å². The average molecular weight is 1120 g/mol. The summed E-state index contributed by atoms with van der Waals surface area (Å²) in [6, 6.07) is 0. The van der Waals surface area contributed by atoms with Gasteiger partial charge >= 0.3 is 49.7 Å². The number of rotatable bonds is 62. The Kier molecular flexibility index (Phi) is 72.4. The van der Waals surface area contributed by atoms with Crippen molar-refractivity contribution >= 4 is 61.6 Å². The van der Waals surface area contributed by atoms with Crippen LogP contribution in [-0.2, 0) is 28.7 Å². The van der Waals surface area contributed by atoms with Crippen molar-refractivity contribution in [2.75, 3.05) is 0 Å². The molecule has 0 rings (SSSR count). The number of carbonyl (C=O) groups excluding carboxylic acids is 4. The van der Waals surface area contributed by atoms with E-state index in [2.05, 4.69) is 27.7 Å². The van der Waals surface area contributed by atoms with Gasteiger partial charge in [-0.25, -0.2) is 0 Å². The molecule has 8 nitrogen and oxygen atoms in total. The fourth-order valence-corrected chi connectivity index (χ4v) is 10.6. The third-order valence-corrected chi connectivity index (χ3v) is 15.6. The molecule has 0 N–H and O–H groups in total. The summed E-state index contributed by atoms with van der Waals surface area (Å²) in [6.07, 6.45) is 67.7. The molecule has 0 saturated heterocycles. The second-order valence-corrected chi connectivity index (χ2v) is 23.4. The van der Waals surface area contributed by atoms with E-state index in [9.17, 15) is 29.4 Å². The van der Waals surface area contributed by atoms with Gasteiger partial charge < -0.3 is 29.3 Å². The number of esters is 2. The van der Waals surface area contributed by atoms with Gasteiger partial charge in [-0.2, -0.15) is 0 Å². The summed E-state index contributed by atoms with van der Waals surface area (Å²) >= 11 is 0. The van der Waals surface area contributed by atoms with E-state index in [1.165, 1.54) is 231 Å². The van der Waals surface area contributed by atoms with E-state index < -0.39 is 11.9 Å². The van der Waals surface area contributed by atoms with Gasteiger partial charge in [-0.15, -0.1) is 0 Å². The largest absolute Gasteiger partial charge is 2.00 e. The molecule has 0 spiro atoms. The van der Waals surface area contributed by atoms with Crippen LogP contribution in [0.4, 0.5) is 0 Å². The molecule has 0 aromatic heterocycles. The monoisotopic (exact) mass is 1110 g/mol. The van der Waals surface area contributed by atoms with Crippen molar-refractivity contribution in [3.63, 3.8) is 0 Å². The first-order valence-corrected chi connectivity index (χ1v) is 34.0. The molecule has 9 heteroatoms. The molecular weight excluding hydrogens is 985 g/mol. The third kappa shape index (κ3) is 71.2. The zero-order valence-electron chi connectivity index (χ0n) is 52.1. The molecule has 452 valence electrons. The Hall–Kier alpha value is -0.860. The van der Waals surface area contributed by atoms with Crippen LogP contribution in [0.15, 0.2) is 0 Å². The van der Waals surface area contributed by atoms with Crippen molar-refractivity contribution in [3.8, 4) is 0 Å². The number of carboxylic acids is 2. The smallest absolute Gasteiger partial charge is 0.550 e. The van der Waals surface area contributed by atoms with Crippen molar-refractivity contribution in [3.05, 3.63) is 0 Å². The minimum atomic E-state index is -0.928. The van der Waals surface area contributed by atoms with Crippen LogP contribution in [0.3, 0.4) is 0 Å². The molecule has 77 heavy (non-hydrogen) atoms. The van der Waals surface area contributed by atoms with Crippen LogP contribution in [0.5, 0.6) is 0 Å². The molecule has 0 radical (unpaired) electrons. The summed E-state index contributed by atoms with van der Waals surface area (Å²) in [5.41, 5.74) is 0. The van der Waals surface area contributed by atoms with Crippen molar-refractivity contribution in [1.82, 2.24) is 0 Å². The van der Waals surface area contributed by atoms with Crippen LogP contribution in [0.2, 0.25) is 0 Å². The Morgan fingerprint density at radius 1 is 0.247 bits per heavy atom. The molecule has 2 atom stereocenters. The zero-order chi connectivity index (χ0) is 55.9. The molecular formula is C68H130CaO8. The maximum absolute atomic E-state index is 12.4. The first-order valence-electron chi connectivity index (χ1n) is 34.0. The van der Waals surface area contributed by atoms with E-state index in [4.69, 9.17) is 9.47 Å². The SMILES string of the molecule is CCCCCCCCCCCCCCCC(=O)OC(CCCCC)CCCCCCCCCCCC(=O)[O-].CCCCCCCCCCCCCCCC(=O)OC(CCCCC)CCCCCCCCCCCC(=O)[O-].[Ca+2]. The van der Waals surface area contributed by atoms with E-state index in [-0.39, 0.29) is 74.7 Å². The summed E-state index contributed by atoms with van der Waals surface area (Å²) in [5, 5.41) is 20.8. The Morgan fingerprint density at radius 3 is 0.610 bits per heavy atom. The number of aliphatic carboxylic acids is 2. The number of ether oxygens (including phenoxy) is 2. The van der Waals surface area contributed by atoms with Gasteiger partial charge in [0, 0.05) is 24.8 Å². The van der Waals surface area contributed by atoms with Gasteiger partial charge in [0.05, 0.1) is 0 Å². The maximum atomic E-state index is 12.4. The van der Waals surface area contributed by atoms with Gasteiger partial charge in [-0.3, -0.25) is 9.59 Å². The number of hydrogen-bond acceptors (Lipinski definition) is 8. The molecule has 0 heterocycles. The van der Waals surface area contributed by atoms with Crippen molar-refractivity contribution < 1.29 is 38.9 Å². The summed E-state index contributed by atoms with van der Waals surface area (Å²) in [7, 11) is 0. The summed E-state index contributed by atoms with van der Waals surface area (Å²) < 4.78 is 11.8. The molecule has 0 aromatic rings. The first kappa shape index (κ1) is 80.4. The Bertz CT molecular complexity index is 1110. The van der Waals surface area contributed by atoms with Gasteiger partial charge in [0.25, 0.3) is 0 Å². The number of carboxylic acid groups (broad SMARTS) is 2. The Labute approximate surface area is 509 Å². The van der Waals surface area contributed by atoms with Crippen molar-refractivity contribution in [2.45, 2.75) is 412 Å². The number of carbonyl (C=O) groups is 4. The van der Waals surface area contributed by atoms with Crippen LogP contribution >= 0.6 is 0 Å². The van der Waals surface area contributed by atoms with Crippen LogP contribution in [0.25, 0.3) is 0 Å². The van der Waals surface area contributed by atoms with Gasteiger partial charge in [-0.05, 0) is 89.9 Å². The third-order valence-electron chi connectivity index (χ3n) is 15.6. The zero-order valence-corrected chi connectivity index (χ0v) is 54.3. The molecule has 0 bridgehead atoms. The Balaban J connectivity index is -0.00000140. The molecule has 2 unspecified atom stereocenters. The fourth-order valence-electron chi connectivity index (χ4n) is 10.6. The molecule has 0 aliphatic heterocycles. The van der Waals surface area contributed by atoms with Gasteiger partial charge in [0.1, 0.15) is 12.2 Å².